The zero-order chi connectivity index (χ0) is 19.9. The molecule has 144 valence electrons. The zero-order valence-corrected chi connectivity index (χ0v) is 15.1. The summed E-state index contributed by atoms with van der Waals surface area (Å²) < 4.78 is 0. The number of benzene rings is 2. The van der Waals surface area contributed by atoms with E-state index in [0.717, 1.165) is 25.9 Å². The number of nitrogens with zero attached hydrogens (tertiary/aromatic N) is 2. The van der Waals surface area contributed by atoms with Crippen LogP contribution in [0.1, 0.15) is 18.4 Å². The van der Waals surface area contributed by atoms with Crippen LogP contribution in [0.4, 0.5) is 21.9 Å². The highest BCUT2D eigenvalue weighted by atomic mass is 16.6. The number of hydrogen-bond donors (Lipinski definition) is 2. The normalized spacial score (nSPS) is 13.5. The molecular weight excluding hydrogens is 360 g/mol. The average Bonchev–Trinajstić information content (AvgIpc) is 3.23. The van der Waals surface area contributed by atoms with Crippen molar-refractivity contribution >= 4 is 35.1 Å². The van der Waals surface area contributed by atoms with Gasteiger partial charge in [-0.2, -0.15) is 0 Å². The monoisotopic (exact) mass is 380 g/mol. The summed E-state index contributed by atoms with van der Waals surface area (Å²) in [6.45, 7) is 1.46. The molecule has 0 unspecified atom stereocenters. The van der Waals surface area contributed by atoms with E-state index in [0.29, 0.717) is 16.9 Å². The number of anilines is 2. The number of nitrogens with one attached hydrogen (secondary N) is 2. The first-order valence-corrected chi connectivity index (χ1v) is 8.91. The Bertz CT molecular complexity index is 920. The molecule has 3 amide bonds. The van der Waals surface area contributed by atoms with Gasteiger partial charge in [-0.25, -0.2) is 4.79 Å². The van der Waals surface area contributed by atoms with Crippen molar-refractivity contribution < 1.29 is 14.5 Å². The molecular formula is C20H20N4O4. The smallest absolute Gasteiger partial charge is 0.321 e. The Morgan fingerprint density at radius 2 is 1.68 bits per heavy atom. The number of para-hydroxylation sites is 2. The summed E-state index contributed by atoms with van der Waals surface area (Å²) in [4.78, 5) is 36.6. The van der Waals surface area contributed by atoms with Gasteiger partial charge in [0.05, 0.1) is 16.3 Å². The van der Waals surface area contributed by atoms with Gasteiger partial charge in [0.1, 0.15) is 0 Å². The maximum Gasteiger partial charge on any atom is 0.321 e. The molecule has 3 rings (SSSR count). The van der Waals surface area contributed by atoms with E-state index in [9.17, 15) is 19.7 Å². The van der Waals surface area contributed by atoms with Crippen LogP contribution in [-0.4, -0.2) is 34.9 Å². The third-order valence-corrected chi connectivity index (χ3v) is 4.33. The lowest BCUT2D eigenvalue weighted by atomic mass is 10.2. The van der Waals surface area contributed by atoms with Crippen LogP contribution in [0, 0.1) is 10.1 Å². The van der Waals surface area contributed by atoms with E-state index in [2.05, 4.69) is 10.6 Å². The molecule has 0 radical (unpaired) electrons. The SMILES string of the molecule is O=C(C=Cc1cccc([N+](=O)[O-])c1)Nc1ccccc1NC(=O)N1CCCC1. The van der Waals surface area contributed by atoms with Crippen molar-refractivity contribution in [2.24, 2.45) is 0 Å². The predicted octanol–water partition coefficient (Wildman–Crippen LogP) is 3.87. The fourth-order valence-corrected chi connectivity index (χ4v) is 2.90. The Labute approximate surface area is 162 Å². The molecule has 0 aliphatic carbocycles. The van der Waals surface area contributed by atoms with Gasteiger partial charge in [0.2, 0.25) is 5.91 Å². The third-order valence-electron chi connectivity index (χ3n) is 4.33. The molecule has 2 aromatic carbocycles. The molecule has 8 heteroatoms. The quantitative estimate of drug-likeness (QED) is 0.467. The molecule has 0 saturated carbocycles. The van der Waals surface area contributed by atoms with E-state index < -0.39 is 10.8 Å². The van der Waals surface area contributed by atoms with Gasteiger partial charge in [-0.15, -0.1) is 0 Å². The van der Waals surface area contributed by atoms with Gasteiger partial charge < -0.3 is 15.5 Å². The molecule has 8 nitrogen and oxygen atoms in total. The molecule has 1 aliphatic rings. The topological polar surface area (TPSA) is 105 Å². The molecule has 1 fully saturated rings. The molecule has 0 atom stereocenters. The summed E-state index contributed by atoms with van der Waals surface area (Å²) in [5.74, 6) is -0.408. The number of nitro groups is 1. The molecule has 1 aliphatic heterocycles. The van der Waals surface area contributed by atoms with Crippen molar-refractivity contribution in [3.05, 3.63) is 70.3 Å². The highest BCUT2D eigenvalue weighted by Crippen LogP contribution is 2.22. The minimum Gasteiger partial charge on any atom is -0.325 e. The lowest BCUT2D eigenvalue weighted by Crippen LogP contribution is -2.32. The standard InChI is InChI=1S/C20H20N4O4/c25-19(11-10-15-6-5-7-16(14-15)24(27)28)21-17-8-1-2-9-18(17)22-20(26)23-12-3-4-13-23/h1-2,5-11,14H,3-4,12-13H2,(H,21,25)(H,22,26). The van der Waals surface area contributed by atoms with Crippen molar-refractivity contribution in [3.8, 4) is 0 Å². The second-order valence-corrected chi connectivity index (χ2v) is 6.34. The van der Waals surface area contributed by atoms with Crippen LogP contribution in [0.15, 0.2) is 54.6 Å². The first-order valence-electron chi connectivity index (χ1n) is 8.91. The first kappa shape index (κ1) is 19.1. The van der Waals surface area contributed by atoms with E-state index in [-0.39, 0.29) is 11.7 Å². The van der Waals surface area contributed by atoms with Gasteiger partial charge in [-0.3, -0.25) is 14.9 Å². The minimum atomic E-state index is -0.489. The molecule has 28 heavy (non-hydrogen) atoms. The van der Waals surface area contributed by atoms with Gasteiger partial charge in [-0.05, 0) is 36.6 Å². The Balaban J connectivity index is 1.66. The molecule has 2 aromatic rings. The van der Waals surface area contributed by atoms with Crippen molar-refractivity contribution in [2.75, 3.05) is 23.7 Å². The molecule has 0 spiro atoms. The number of non-ortho nitro benzene ring substituents is 1. The number of carbonyl (C=O) groups excluding carboxylic acids is 2. The average molecular weight is 380 g/mol. The number of likely N-dealkylation sites (tertiary alicyclic amines) is 1. The number of carbonyl (C=O) groups is 2. The van der Waals surface area contributed by atoms with Gasteiger partial charge in [0.25, 0.3) is 5.69 Å². The van der Waals surface area contributed by atoms with Crippen molar-refractivity contribution in [3.63, 3.8) is 0 Å². The highest BCUT2D eigenvalue weighted by Gasteiger charge is 2.18. The van der Waals surface area contributed by atoms with E-state index >= 15 is 0 Å². The Hall–Kier alpha value is -3.68. The molecule has 1 saturated heterocycles. The zero-order valence-electron chi connectivity index (χ0n) is 15.1. The summed E-state index contributed by atoms with van der Waals surface area (Å²) in [5, 5.41) is 16.4. The van der Waals surface area contributed by atoms with Gasteiger partial charge >= 0.3 is 6.03 Å². The minimum absolute atomic E-state index is 0.0440. The van der Waals surface area contributed by atoms with E-state index in [1.807, 2.05) is 0 Å². The number of urea groups is 1. The van der Waals surface area contributed by atoms with Crippen LogP contribution in [0.3, 0.4) is 0 Å². The summed E-state index contributed by atoms with van der Waals surface area (Å²) in [6, 6.07) is 12.7. The van der Waals surface area contributed by atoms with Gasteiger partial charge in [0, 0.05) is 31.3 Å². The summed E-state index contributed by atoms with van der Waals surface area (Å²) in [5.41, 5.74) is 1.48. The highest BCUT2D eigenvalue weighted by molar-refractivity contribution is 6.05. The van der Waals surface area contributed by atoms with Crippen molar-refractivity contribution in [1.29, 1.82) is 0 Å². The van der Waals surface area contributed by atoms with Crippen LogP contribution in [-0.2, 0) is 4.79 Å². The van der Waals surface area contributed by atoms with E-state index in [4.69, 9.17) is 0 Å². The van der Waals surface area contributed by atoms with Crippen LogP contribution in [0.2, 0.25) is 0 Å². The largest absolute Gasteiger partial charge is 0.325 e. The summed E-state index contributed by atoms with van der Waals surface area (Å²) >= 11 is 0. The van der Waals surface area contributed by atoms with Crippen LogP contribution in [0.5, 0.6) is 0 Å². The predicted molar refractivity (Wildman–Crippen MR) is 107 cm³/mol. The number of amides is 3. The van der Waals surface area contributed by atoms with Crippen LogP contribution in [0.25, 0.3) is 6.08 Å². The lowest BCUT2D eigenvalue weighted by molar-refractivity contribution is -0.384. The van der Waals surface area contributed by atoms with Gasteiger partial charge in [0.15, 0.2) is 0 Å². The Morgan fingerprint density at radius 1 is 1.00 bits per heavy atom. The second-order valence-electron chi connectivity index (χ2n) is 6.34. The van der Waals surface area contributed by atoms with Crippen LogP contribution >= 0.6 is 0 Å². The maximum absolute atomic E-state index is 12.3. The summed E-state index contributed by atoms with van der Waals surface area (Å²) in [6.07, 6.45) is 4.77. The molecule has 2 N–H and O–H groups in total. The second kappa shape index (κ2) is 8.81. The number of nitro benzene ring substituents is 1. The molecule has 0 bridgehead atoms. The van der Waals surface area contributed by atoms with Crippen LogP contribution < -0.4 is 10.6 Å². The maximum atomic E-state index is 12.3. The Kier molecular flexibility index (Phi) is 6.01. The fourth-order valence-electron chi connectivity index (χ4n) is 2.90. The van der Waals surface area contributed by atoms with Crippen molar-refractivity contribution in [1.82, 2.24) is 4.90 Å². The number of rotatable bonds is 5. The van der Waals surface area contributed by atoms with Crippen molar-refractivity contribution in [2.45, 2.75) is 12.8 Å². The van der Waals surface area contributed by atoms with E-state index in [1.165, 1.54) is 24.3 Å². The fraction of sp³-hybridized carbons (Fsp3) is 0.200. The van der Waals surface area contributed by atoms with Gasteiger partial charge in [-0.1, -0.05) is 24.3 Å². The molecule has 1 heterocycles. The number of hydrogen-bond acceptors (Lipinski definition) is 4. The third kappa shape index (κ3) is 4.94. The Morgan fingerprint density at radius 3 is 2.36 bits per heavy atom. The molecule has 0 aromatic heterocycles. The summed E-state index contributed by atoms with van der Waals surface area (Å²) in [7, 11) is 0. The lowest BCUT2D eigenvalue weighted by Gasteiger charge is -2.18. The first-order chi connectivity index (χ1) is 13.5. The van der Waals surface area contributed by atoms with E-state index in [1.54, 1.807) is 41.3 Å².